The van der Waals surface area contributed by atoms with E-state index in [1.807, 2.05) is 18.2 Å². The van der Waals surface area contributed by atoms with Crippen molar-refractivity contribution < 1.29 is 13.9 Å². The topological polar surface area (TPSA) is 44.5 Å². The molecule has 0 aliphatic carbocycles. The summed E-state index contributed by atoms with van der Waals surface area (Å²) in [4.78, 5) is 0. The second-order valence-electron chi connectivity index (χ2n) is 4.09. The third-order valence-electron chi connectivity index (χ3n) is 2.87. The zero-order chi connectivity index (χ0) is 12.5. The van der Waals surface area contributed by atoms with Crippen molar-refractivity contribution in [1.82, 2.24) is 0 Å². The number of nitrogen functional groups attached to an aromatic ring is 1. The summed E-state index contributed by atoms with van der Waals surface area (Å²) in [7, 11) is 0. The number of anilines is 1. The van der Waals surface area contributed by atoms with Crippen LogP contribution in [0.15, 0.2) is 36.4 Å². The van der Waals surface area contributed by atoms with Crippen LogP contribution in [0.4, 0.5) is 10.1 Å². The zero-order valence-electron chi connectivity index (χ0n) is 9.65. The molecule has 0 radical (unpaired) electrons. The fourth-order valence-electron chi connectivity index (χ4n) is 1.95. The molecule has 0 bridgehead atoms. The van der Waals surface area contributed by atoms with E-state index in [0.717, 1.165) is 16.9 Å². The molecule has 3 nitrogen and oxygen atoms in total. The smallest absolute Gasteiger partial charge is 0.161 e. The summed E-state index contributed by atoms with van der Waals surface area (Å²) in [5, 5.41) is 0. The zero-order valence-corrected chi connectivity index (χ0v) is 9.65. The van der Waals surface area contributed by atoms with Gasteiger partial charge in [-0.25, -0.2) is 4.39 Å². The van der Waals surface area contributed by atoms with Gasteiger partial charge in [0.05, 0.1) is 5.69 Å². The minimum Gasteiger partial charge on any atom is -0.486 e. The van der Waals surface area contributed by atoms with Gasteiger partial charge in [0.1, 0.15) is 19.0 Å². The lowest BCUT2D eigenvalue weighted by Crippen LogP contribution is -2.15. The second-order valence-corrected chi connectivity index (χ2v) is 4.09. The number of benzene rings is 2. The highest BCUT2D eigenvalue weighted by Crippen LogP contribution is 2.35. The first-order chi connectivity index (χ1) is 8.74. The van der Waals surface area contributed by atoms with Gasteiger partial charge >= 0.3 is 0 Å². The van der Waals surface area contributed by atoms with Crippen molar-refractivity contribution in [2.45, 2.75) is 0 Å². The fourth-order valence-corrected chi connectivity index (χ4v) is 1.95. The lowest BCUT2D eigenvalue weighted by Gasteiger charge is -2.19. The van der Waals surface area contributed by atoms with Crippen molar-refractivity contribution in [3.8, 4) is 22.6 Å². The van der Waals surface area contributed by atoms with Crippen LogP contribution in [0.3, 0.4) is 0 Å². The van der Waals surface area contributed by atoms with Gasteiger partial charge in [0, 0.05) is 0 Å². The third-order valence-corrected chi connectivity index (χ3v) is 2.87. The molecule has 1 heterocycles. The number of ether oxygens (including phenoxy) is 2. The van der Waals surface area contributed by atoms with Crippen LogP contribution in [-0.4, -0.2) is 13.2 Å². The summed E-state index contributed by atoms with van der Waals surface area (Å²) in [5.74, 6) is 1.04. The van der Waals surface area contributed by atoms with Crippen LogP contribution in [0.25, 0.3) is 11.1 Å². The van der Waals surface area contributed by atoms with E-state index < -0.39 is 5.82 Å². The lowest BCUT2D eigenvalue weighted by molar-refractivity contribution is 0.171. The summed E-state index contributed by atoms with van der Waals surface area (Å²) < 4.78 is 24.1. The van der Waals surface area contributed by atoms with E-state index in [-0.39, 0.29) is 5.69 Å². The Hall–Kier alpha value is -2.23. The van der Waals surface area contributed by atoms with Gasteiger partial charge in [0.2, 0.25) is 0 Å². The molecule has 0 atom stereocenters. The molecule has 0 unspecified atom stereocenters. The molecule has 2 aromatic rings. The van der Waals surface area contributed by atoms with E-state index in [1.165, 1.54) is 6.07 Å². The molecule has 4 heteroatoms. The Labute approximate surface area is 104 Å². The van der Waals surface area contributed by atoms with Gasteiger partial charge in [-0.15, -0.1) is 0 Å². The quantitative estimate of drug-likeness (QED) is 0.786. The predicted molar refractivity (Wildman–Crippen MR) is 67.2 cm³/mol. The predicted octanol–water partition coefficient (Wildman–Crippen LogP) is 2.85. The number of rotatable bonds is 1. The molecular formula is C14H12FNO2. The molecular weight excluding hydrogens is 233 g/mol. The van der Waals surface area contributed by atoms with Crippen LogP contribution >= 0.6 is 0 Å². The van der Waals surface area contributed by atoms with E-state index in [4.69, 9.17) is 15.2 Å². The van der Waals surface area contributed by atoms with Gasteiger partial charge in [-0.2, -0.15) is 0 Å². The number of fused-ring (bicyclic) bond motifs is 1. The largest absolute Gasteiger partial charge is 0.486 e. The second kappa shape index (κ2) is 4.22. The molecule has 1 aliphatic heterocycles. The highest BCUT2D eigenvalue weighted by atomic mass is 19.1. The molecule has 3 rings (SSSR count). The highest BCUT2D eigenvalue weighted by Gasteiger charge is 2.12. The number of hydrogen-bond acceptors (Lipinski definition) is 3. The van der Waals surface area contributed by atoms with Gasteiger partial charge in [-0.05, 0) is 35.4 Å². The Morgan fingerprint density at radius 1 is 0.889 bits per heavy atom. The lowest BCUT2D eigenvalue weighted by atomic mass is 10.0. The van der Waals surface area contributed by atoms with Crippen molar-refractivity contribution in [3.63, 3.8) is 0 Å². The molecule has 0 saturated carbocycles. The molecule has 0 aromatic heterocycles. The van der Waals surface area contributed by atoms with Gasteiger partial charge in [-0.3, -0.25) is 0 Å². The minimum absolute atomic E-state index is 0.141. The summed E-state index contributed by atoms with van der Waals surface area (Å²) in [6, 6.07) is 10.3. The molecule has 2 N–H and O–H groups in total. The standard InChI is InChI=1S/C14H12FNO2/c15-11-3-1-9(7-12(11)16)10-2-4-13-14(8-10)18-6-5-17-13/h1-4,7-8H,5-6,16H2. The maximum Gasteiger partial charge on any atom is 0.161 e. The molecule has 0 saturated heterocycles. The van der Waals surface area contributed by atoms with Crippen LogP contribution in [-0.2, 0) is 0 Å². The third kappa shape index (κ3) is 1.86. The summed E-state index contributed by atoms with van der Waals surface area (Å²) in [5.41, 5.74) is 7.48. The van der Waals surface area contributed by atoms with E-state index >= 15 is 0 Å². The van der Waals surface area contributed by atoms with Crippen molar-refractivity contribution >= 4 is 5.69 Å². The molecule has 0 amide bonds. The van der Waals surface area contributed by atoms with Crippen LogP contribution < -0.4 is 15.2 Å². The fraction of sp³-hybridized carbons (Fsp3) is 0.143. The van der Waals surface area contributed by atoms with Crippen molar-refractivity contribution in [1.29, 1.82) is 0 Å². The van der Waals surface area contributed by atoms with Crippen LogP contribution in [0.1, 0.15) is 0 Å². The first-order valence-electron chi connectivity index (χ1n) is 5.69. The SMILES string of the molecule is Nc1cc(-c2ccc3c(c2)OCCO3)ccc1F. The maximum absolute atomic E-state index is 13.1. The first kappa shape index (κ1) is 10.9. The number of nitrogens with two attached hydrogens (primary N) is 1. The Bertz CT molecular complexity index is 598. The molecule has 2 aromatic carbocycles. The van der Waals surface area contributed by atoms with Gasteiger partial charge in [0.15, 0.2) is 11.5 Å². The Morgan fingerprint density at radius 3 is 2.33 bits per heavy atom. The van der Waals surface area contributed by atoms with E-state index in [0.29, 0.717) is 19.0 Å². The first-order valence-corrected chi connectivity index (χ1v) is 5.69. The van der Waals surface area contributed by atoms with Crippen molar-refractivity contribution in [2.24, 2.45) is 0 Å². The van der Waals surface area contributed by atoms with Crippen molar-refractivity contribution in [2.75, 3.05) is 18.9 Å². The monoisotopic (exact) mass is 245 g/mol. The molecule has 18 heavy (non-hydrogen) atoms. The normalized spacial score (nSPS) is 13.4. The summed E-state index contributed by atoms with van der Waals surface area (Å²) >= 11 is 0. The molecule has 1 aliphatic rings. The van der Waals surface area contributed by atoms with Crippen LogP contribution in [0, 0.1) is 5.82 Å². The number of hydrogen-bond donors (Lipinski definition) is 1. The minimum atomic E-state index is -0.406. The maximum atomic E-state index is 13.1. The summed E-state index contributed by atoms with van der Waals surface area (Å²) in [6.45, 7) is 1.11. The van der Waals surface area contributed by atoms with E-state index in [1.54, 1.807) is 12.1 Å². The van der Waals surface area contributed by atoms with Crippen LogP contribution in [0.2, 0.25) is 0 Å². The molecule has 0 fully saturated rings. The molecule has 92 valence electrons. The van der Waals surface area contributed by atoms with E-state index in [9.17, 15) is 4.39 Å². The summed E-state index contributed by atoms with van der Waals surface area (Å²) in [6.07, 6.45) is 0. The van der Waals surface area contributed by atoms with Gasteiger partial charge < -0.3 is 15.2 Å². The van der Waals surface area contributed by atoms with Gasteiger partial charge in [0.25, 0.3) is 0 Å². The average molecular weight is 245 g/mol. The Morgan fingerprint density at radius 2 is 1.56 bits per heavy atom. The van der Waals surface area contributed by atoms with E-state index in [2.05, 4.69) is 0 Å². The van der Waals surface area contributed by atoms with Crippen LogP contribution in [0.5, 0.6) is 11.5 Å². The van der Waals surface area contributed by atoms with Crippen molar-refractivity contribution in [3.05, 3.63) is 42.2 Å². The molecule has 0 spiro atoms. The number of halogens is 1. The Kier molecular flexibility index (Phi) is 2.55. The van der Waals surface area contributed by atoms with Gasteiger partial charge in [-0.1, -0.05) is 12.1 Å². The average Bonchev–Trinajstić information content (AvgIpc) is 2.41. The highest BCUT2D eigenvalue weighted by molar-refractivity contribution is 5.70. The Balaban J connectivity index is 2.03.